The molecule has 5 heteroatoms. The second kappa shape index (κ2) is 5.04. The molecule has 0 amide bonds. The lowest BCUT2D eigenvalue weighted by Gasteiger charge is -2.28. The van der Waals surface area contributed by atoms with Gasteiger partial charge in [-0.2, -0.15) is 5.26 Å². The second-order valence-electron chi connectivity index (χ2n) is 5.46. The second-order valence-corrected chi connectivity index (χ2v) is 5.90. The molecule has 0 spiro atoms. The summed E-state index contributed by atoms with van der Waals surface area (Å²) in [6.07, 6.45) is 2.57. The fourth-order valence-corrected chi connectivity index (χ4v) is 3.20. The first-order valence-electron chi connectivity index (χ1n) is 7.14. The number of nitrogens with zero attached hydrogens (tertiary/aromatic N) is 3. The molecule has 4 nitrogen and oxygen atoms in total. The van der Waals surface area contributed by atoms with E-state index in [1.165, 1.54) is 16.6 Å². The van der Waals surface area contributed by atoms with E-state index in [1.54, 1.807) is 6.20 Å². The molecule has 2 aromatic heterocycles. The van der Waals surface area contributed by atoms with Gasteiger partial charge in [0.05, 0.1) is 5.56 Å². The third-order valence-electron chi connectivity index (χ3n) is 4.14. The number of anilines is 1. The molecule has 0 bridgehead atoms. The van der Waals surface area contributed by atoms with E-state index in [9.17, 15) is 0 Å². The molecule has 3 aromatic rings. The van der Waals surface area contributed by atoms with Crippen molar-refractivity contribution in [3.05, 3.63) is 58.4 Å². The minimum atomic E-state index is 0.586. The molecule has 22 heavy (non-hydrogen) atoms. The minimum absolute atomic E-state index is 0.586. The van der Waals surface area contributed by atoms with E-state index in [4.69, 9.17) is 16.9 Å². The number of H-pyrrole nitrogens is 1. The highest BCUT2D eigenvalue weighted by Gasteiger charge is 2.21. The minimum Gasteiger partial charge on any atom is -0.358 e. The Morgan fingerprint density at radius 1 is 1.27 bits per heavy atom. The predicted octanol–water partition coefficient (Wildman–Crippen LogP) is 3.65. The highest BCUT2D eigenvalue weighted by molar-refractivity contribution is 6.31. The molecule has 0 saturated carbocycles. The fraction of sp³-hybridized carbons (Fsp3) is 0.176. The summed E-state index contributed by atoms with van der Waals surface area (Å²) in [5.41, 5.74) is 4.27. The van der Waals surface area contributed by atoms with Gasteiger partial charge in [0.1, 0.15) is 11.9 Å². The van der Waals surface area contributed by atoms with E-state index >= 15 is 0 Å². The molecule has 4 rings (SSSR count). The molecule has 0 atom stereocenters. The number of halogens is 1. The van der Waals surface area contributed by atoms with Gasteiger partial charge in [-0.05, 0) is 24.3 Å². The van der Waals surface area contributed by atoms with Crippen molar-refractivity contribution in [3.63, 3.8) is 0 Å². The molecule has 0 aliphatic carbocycles. The molecule has 0 saturated heterocycles. The van der Waals surface area contributed by atoms with Crippen LogP contribution in [0.15, 0.2) is 36.5 Å². The number of pyridine rings is 1. The van der Waals surface area contributed by atoms with Crippen LogP contribution >= 0.6 is 11.6 Å². The number of aromatic amines is 1. The predicted molar refractivity (Wildman–Crippen MR) is 87.0 cm³/mol. The fourth-order valence-electron chi connectivity index (χ4n) is 3.03. The smallest absolute Gasteiger partial charge is 0.128 e. The third-order valence-corrected chi connectivity index (χ3v) is 4.37. The number of fused-ring (bicyclic) bond motifs is 3. The number of benzene rings is 1. The highest BCUT2D eigenvalue weighted by Crippen LogP contribution is 2.30. The molecular formula is C17H13ClN4. The van der Waals surface area contributed by atoms with Gasteiger partial charge in [-0.15, -0.1) is 0 Å². The van der Waals surface area contributed by atoms with Crippen molar-refractivity contribution in [2.24, 2.45) is 0 Å². The Hall–Kier alpha value is -2.51. The Labute approximate surface area is 133 Å². The molecule has 1 aliphatic rings. The highest BCUT2D eigenvalue weighted by atomic mass is 35.5. The lowest BCUT2D eigenvalue weighted by atomic mass is 10.0. The van der Waals surface area contributed by atoms with Gasteiger partial charge < -0.3 is 9.88 Å². The van der Waals surface area contributed by atoms with E-state index in [-0.39, 0.29) is 0 Å². The molecule has 0 fully saturated rings. The summed E-state index contributed by atoms with van der Waals surface area (Å²) in [5, 5.41) is 10.8. The van der Waals surface area contributed by atoms with Gasteiger partial charge in [-0.25, -0.2) is 4.98 Å². The van der Waals surface area contributed by atoms with Crippen molar-refractivity contribution < 1.29 is 0 Å². The van der Waals surface area contributed by atoms with Crippen LogP contribution in [0, 0.1) is 11.3 Å². The summed E-state index contributed by atoms with van der Waals surface area (Å²) in [7, 11) is 0. The molecule has 1 aromatic carbocycles. The van der Waals surface area contributed by atoms with Crippen molar-refractivity contribution in [1.29, 1.82) is 5.26 Å². The van der Waals surface area contributed by atoms with Gasteiger partial charge in [0, 0.05) is 52.9 Å². The van der Waals surface area contributed by atoms with Gasteiger partial charge in [0.2, 0.25) is 0 Å². The third kappa shape index (κ3) is 2.11. The van der Waals surface area contributed by atoms with Gasteiger partial charge in [-0.1, -0.05) is 17.7 Å². The van der Waals surface area contributed by atoms with E-state index in [1.807, 2.05) is 24.3 Å². The topological polar surface area (TPSA) is 55.7 Å². The van der Waals surface area contributed by atoms with Gasteiger partial charge in [-0.3, -0.25) is 0 Å². The number of rotatable bonds is 1. The summed E-state index contributed by atoms with van der Waals surface area (Å²) in [4.78, 5) is 10.1. The monoisotopic (exact) mass is 308 g/mol. The number of hydrogen-bond acceptors (Lipinski definition) is 3. The van der Waals surface area contributed by atoms with E-state index in [0.717, 1.165) is 35.9 Å². The summed E-state index contributed by atoms with van der Waals surface area (Å²) in [6, 6.07) is 11.8. The number of nitriles is 1. The Morgan fingerprint density at radius 3 is 2.95 bits per heavy atom. The zero-order valence-electron chi connectivity index (χ0n) is 11.8. The summed E-state index contributed by atoms with van der Waals surface area (Å²) >= 11 is 6.07. The van der Waals surface area contributed by atoms with Gasteiger partial charge in [0.25, 0.3) is 0 Å². The summed E-state index contributed by atoms with van der Waals surface area (Å²) < 4.78 is 0. The molecular weight excluding hydrogens is 296 g/mol. The van der Waals surface area contributed by atoms with E-state index in [2.05, 4.69) is 27.0 Å². The standard InChI is InChI=1S/C17H13ClN4/c18-12-2-3-13-14-10-22(6-5-15(14)21-16(13)7-12)17-4-1-11(8-19)9-20-17/h1-4,7,9,21H,5-6,10H2. The van der Waals surface area contributed by atoms with Crippen molar-refractivity contribution in [2.45, 2.75) is 13.0 Å². The van der Waals surface area contributed by atoms with E-state index in [0.29, 0.717) is 5.56 Å². The van der Waals surface area contributed by atoms with Gasteiger partial charge in [0.15, 0.2) is 0 Å². The first kappa shape index (κ1) is 13.2. The van der Waals surface area contributed by atoms with Crippen LogP contribution in [0.3, 0.4) is 0 Å². The lowest BCUT2D eigenvalue weighted by Crippen LogP contribution is -2.30. The van der Waals surface area contributed by atoms with Crippen LogP contribution in [-0.2, 0) is 13.0 Å². The van der Waals surface area contributed by atoms with Crippen LogP contribution in [0.2, 0.25) is 5.02 Å². The van der Waals surface area contributed by atoms with Crippen LogP contribution < -0.4 is 4.90 Å². The van der Waals surface area contributed by atoms with Crippen molar-refractivity contribution in [2.75, 3.05) is 11.4 Å². The first-order chi connectivity index (χ1) is 10.7. The number of aromatic nitrogens is 2. The largest absolute Gasteiger partial charge is 0.358 e. The maximum atomic E-state index is 8.86. The maximum Gasteiger partial charge on any atom is 0.128 e. The number of hydrogen-bond donors (Lipinski definition) is 1. The van der Waals surface area contributed by atoms with Crippen molar-refractivity contribution in [3.8, 4) is 6.07 Å². The van der Waals surface area contributed by atoms with Crippen LogP contribution in [0.25, 0.3) is 10.9 Å². The Morgan fingerprint density at radius 2 is 2.18 bits per heavy atom. The maximum absolute atomic E-state index is 8.86. The van der Waals surface area contributed by atoms with Crippen LogP contribution in [-0.4, -0.2) is 16.5 Å². The van der Waals surface area contributed by atoms with Crippen molar-refractivity contribution in [1.82, 2.24) is 9.97 Å². The van der Waals surface area contributed by atoms with Crippen LogP contribution in [0.4, 0.5) is 5.82 Å². The first-order valence-corrected chi connectivity index (χ1v) is 7.52. The Balaban J connectivity index is 1.71. The molecule has 1 N–H and O–H groups in total. The van der Waals surface area contributed by atoms with Crippen molar-refractivity contribution >= 4 is 28.3 Å². The lowest BCUT2D eigenvalue weighted by molar-refractivity contribution is 0.716. The molecule has 0 unspecified atom stereocenters. The van der Waals surface area contributed by atoms with Crippen LogP contribution in [0.1, 0.15) is 16.8 Å². The molecule has 108 valence electrons. The normalized spacial score (nSPS) is 13.9. The molecule has 3 heterocycles. The number of nitrogens with one attached hydrogen (secondary N) is 1. The summed E-state index contributed by atoms with van der Waals surface area (Å²) in [6.45, 7) is 1.72. The zero-order chi connectivity index (χ0) is 15.1. The Bertz CT molecular complexity index is 889. The zero-order valence-corrected chi connectivity index (χ0v) is 12.6. The quantitative estimate of drug-likeness (QED) is 0.746. The molecule has 0 radical (unpaired) electrons. The van der Waals surface area contributed by atoms with Gasteiger partial charge >= 0.3 is 0 Å². The van der Waals surface area contributed by atoms with E-state index < -0.39 is 0 Å². The SMILES string of the molecule is N#Cc1ccc(N2CCc3[nH]c4cc(Cl)ccc4c3C2)nc1. The Kier molecular flexibility index (Phi) is 3.02. The van der Waals surface area contributed by atoms with Crippen LogP contribution in [0.5, 0.6) is 0 Å². The average Bonchev–Trinajstić information content (AvgIpc) is 2.91. The molecule has 1 aliphatic heterocycles. The average molecular weight is 309 g/mol. The summed E-state index contributed by atoms with van der Waals surface area (Å²) in [5.74, 6) is 0.910.